The molecule has 32 heavy (non-hydrogen) atoms. The average Bonchev–Trinajstić information content (AvgIpc) is 3.47. The summed E-state index contributed by atoms with van der Waals surface area (Å²) < 4.78 is 0. The zero-order chi connectivity index (χ0) is 22.3. The van der Waals surface area contributed by atoms with E-state index >= 15 is 0 Å². The first kappa shape index (κ1) is 22.5. The van der Waals surface area contributed by atoms with Gasteiger partial charge in [0.15, 0.2) is 10.9 Å². The third-order valence-electron chi connectivity index (χ3n) is 6.17. The molecule has 0 radical (unpaired) electrons. The van der Waals surface area contributed by atoms with Gasteiger partial charge in [-0.05, 0) is 43.7 Å². The maximum Gasteiger partial charge on any atom is 0.223 e. The van der Waals surface area contributed by atoms with Crippen molar-refractivity contribution in [3.63, 3.8) is 0 Å². The van der Waals surface area contributed by atoms with Crippen molar-refractivity contribution in [2.45, 2.75) is 51.9 Å². The van der Waals surface area contributed by atoms with Gasteiger partial charge in [-0.3, -0.25) is 9.59 Å². The van der Waals surface area contributed by atoms with E-state index in [1.54, 1.807) is 6.20 Å². The third kappa shape index (κ3) is 5.38. The highest BCUT2D eigenvalue weighted by Gasteiger charge is 2.26. The van der Waals surface area contributed by atoms with E-state index in [0.29, 0.717) is 17.8 Å². The number of nitrogens with zero attached hydrogens (tertiary/aromatic N) is 2. The van der Waals surface area contributed by atoms with Crippen molar-refractivity contribution in [3.05, 3.63) is 47.1 Å². The van der Waals surface area contributed by atoms with Crippen molar-refractivity contribution in [1.29, 1.82) is 0 Å². The van der Waals surface area contributed by atoms with E-state index in [4.69, 9.17) is 0 Å². The van der Waals surface area contributed by atoms with Crippen LogP contribution in [0.15, 0.2) is 36.7 Å². The van der Waals surface area contributed by atoms with Crippen molar-refractivity contribution in [3.8, 4) is 0 Å². The Hall–Kier alpha value is -2.67. The number of aromatic nitrogens is 2. The van der Waals surface area contributed by atoms with Gasteiger partial charge in [0, 0.05) is 49.1 Å². The molecule has 6 nitrogen and oxygen atoms in total. The Labute approximate surface area is 193 Å². The molecule has 0 bridgehead atoms. The fraction of sp³-hybridized carbons (Fsp3) is 0.480. The number of para-hydroxylation sites is 1. The molecule has 0 saturated carbocycles. The molecule has 1 aromatic carbocycles. The van der Waals surface area contributed by atoms with Gasteiger partial charge in [-0.1, -0.05) is 42.9 Å². The molecule has 1 unspecified atom stereocenters. The molecule has 0 spiro atoms. The van der Waals surface area contributed by atoms with Crippen molar-refractivity contribution in [2.75, 3.05) is 24.5 Å². The maximum atomic E-state index is 13.1. The summed E-state index contributed by atoms with van der Waals surface area (Å²) in [6, 6.07) is 8.08. The second-order valence-corrected chi connectivity index (χ2v) is 9.60. The second-order valence-electron chi connectivity index (χ2n) is 8.59. The van der Waals surface area contributed by atoms with E-state index in [-0.39, 0.29) is 18.1 Å². The van der Waals surface area contributed by atoms with Gasteiger partial charge in [-0.15, -0.1) is 0 Å². The number of rotatable bonds is 10. The topological polar surface area (TPSA) is 78.1 Å². The summed E-state index contributed by atoms with van der Waals surface area (Å²) in [5.41, 5.74) is 2.12. The molecule has 3 heterocycles. The molecule has 170 valence electrons. The molecular formula is C25H32N4O2S. The number of fused-ring (bicyclic) bond motifs is 1. The molecule has 1 aliphatic heterocycles. The number of unbranched alkanes of at least 4 members (excludes halogenated alkanes) is 1. The number of hydrogen-bond acceptors (Lipinski definition) is 5. The van der Waals surface area contributed by atoms with Gasteiger partial charge in [0.1, 0.15) is 0 Å². The Morgan fingerprint density at radius 2 is 2.03 bits per heavy atom. The highest BCUT2D eigenvalue weighted by atomic mass is 32.1. The van der Waals surface area contributed by atoms with Crippen LogP contribution in [-0.2, 0) is 11.2 Å². The summed E-state index contributed by atoms with van der Waals surface area (Å²) in [6.45, 7) is 4.75. The normalized spacial score (nSPS) is 15.1. The zero-order valence-corrected chi connectivity index (χ0v) is 19.5. The first-order valence-electron chi connectivity index (χ1n) is 11.7. The number of thiazole rings is 1. The number of carbonyl (C=O) groups is 2. The SMILES string of the molecule is CCCCNC(=O)C(CC(=O)c1cnc(N2CCCCC2)s1)Cc1c[nH]c2ccccc12. The zero-order valence-electron chi connectivity index (χ0n) is 18.7. The number of carbonyl (C=O) groups excluding carboxylic acids is 2. The minimum atomic E-state index is -0.404. The fourth-order valence-electron chi connectivity index (χ4n) is 4.31. The summed E-state index contributed by atoms with van der Waals surface area (Å²) in [5.74, 6) is -0.446. The lowest BCUT2D eigenvalue weighted by atomic mass is 9.92. The molecule has 1 atom stereocenters. The first-order chi connectivity index (χ1) is 15.7. The van der Waals surface area contributed by atoms with Crippen LogP contribution in [0.5, 0.6) is 0 Å². The van der Waals surface area contributed by atoms with E-state index in [2.05, 4.69) is 33.2 Å². The molecular weight excluding hydrogens is 420 g/mol. The monoisotopic (exact) mass is 452 g/mol. The van der Waals surface area contributed by atoms with E-state index in [1.807, 2.05) is 24.4 Å². The molecule has 7 heteroatoms. The molecule has 1 saturated heterocycles. The number of amides is 1. The van der Waals surface area contributed by atoms with Crippen LogP contribution in [0.4, 0.5) is 5.13 Å². The Morgan fingerprint density at radius 3 is 2.84 bits per heavy atom. The maximum absolute atomic E-state index is 13.1. The van der Waals surface area contributed by atoms with Gasteiger partial charge in [-0.25, -0.2) is 4.98 Å². The molecule has 2 N–H and O–H groups in total. The van der Waals surface area contributed by atoms with Crippen LogP contribution in [0.1, 0.15) is 60.7 Å². The first-order valence-corrected chi connectivity index (χ1v) is 12.5. The van der Waals surface area contributed by atoms with Gasteiger partial charge in [0.2, 0.25) is 5.91 Å². The Bertz CT molecular complexity index is 1050. The van der Waals surface area contributed by atoms with Crippen LogP contribution >= 0.6 is 11.3 Å². The second kappa shape index (κ2) is 10.8. The number of anilines is 1. The number of piperidine rings is 1. The lowest BCUT2D eigenvalue weighted by molar-refractivity contribution is -0.124. The Morgan fingerprint density at radius 1 is 1.22 bits per heavy atom. The molecule has 0 aliphatic carbocycles. The highest BCUT2D eigenvalue weighted by molar-refractivity contribution is 7.17. The molecule has 2 aromatic heterocycles. The minimum absolute atomic E-state index is 0.00115. The van der Waals surface area contributed by atoms with Crippen LogP contribution < -0.4 is 10.2 Å². The number of Topliss-reactive ketones (excluding diaryl/α,β-unsaturated/α-hetero) is 1. The molecule has 4 rings (SSSR count). The van der Waals surface area contributed by atoms with Crippen molar-refractivity contribution >= 4 is 39.1 Å². The van der Waals surface area contributed by atoms with E-state index in [0.717, 1.165) is 47.5 Å². The summed E-state index contributed by atoms with van der Waals surface area (Å²) in [4.78, 5) is 36.9. The Balaban J connectivity index is 1.48. The van der Waals surface area contributed by atoms with Gasteiger partial charge in [0.05, 0.1) is 11.1 Å². The minimum Gasteiger partial charge on any atom is -0.361 e. The van der Waals surface area contributed by atoms with Crippen LogP contribution in [0.3, 0.4) is 0 Å². The summed E-state index contributed by atoms with van der Waals surface area (Å²) in [5, 5.41) is 5.07. The number of ketones is 1. The third-order valence-corrected chi connectivity index (χ3v) is 7.27. The van der Waals surface area contributed by atoms with Crippen LogP contribution in [0, 0.1) is 5.92 Å². The fourth-order valence-corrected chi connectivity index (χ4v) is 5.22. The van der Waals surface area contributed by atoms with Gasteiger partial charge in [0.25, 0.3) is 0 Å². The largest absolute Gasteiger partial charge is 0.361 e. The van der Waals surface area contributed by atoms with Crippen molar-refractivity contribution < 1.29 is 9.59 Å². The smallest absolute Gasteiger partial charge is 0.223 e. The number of H-pyrrole nitrogens is 1. The van der Waals surface area contributed by atoms with E-state index in [1.165, 1.54) is 30.6 Å². The summed E-state index contributed by atoms with van der Waals surface area (Å²) in [7, 11) is 0. The van der Waals surface area contributed by atoms with Crippen molar-refractivity contribution in [1.82, 2.24) is 15.3 Å². The molecule has 1 fully saturated rings. The number of nitrogens with one attached hydrogen (secondary N) is 2. The lowest BCUT2D eigenvalue weighted by Crippen LogP contribution is -2.34. The summed E-state index contributed by atoms with van der Waals surface area (Å²) in [6.07, 6.45) is 9.94. The van der Waals surface area contributed by atoms with Gasteiger partial charge in [-0.2, -0.15) is 0 Å². The molecule has 1 amide bonds. The number of hydrogen-bond donors (Lipinski definition) is 2. The molecule has 1 aliphatic rings. The molecule has 3 aromatic rings. The quantitative estimate of drug-likeness (QED) is 0.337. The van der Waals surface area contributed by atoms with Crippen LogP contribution in [-0.4, -0.2) is 41.3 Å². The van der Waals surface area contributed by atoms with Gasteiger partial charge < -0.3 is 15.2 Å². The Kier molecular flexibility index (Phi) is 7.58. The number of aromatic amines is 1. The highest BCUT2D eigenvalue weighted by Crippen LogP contribution is 2.28. The standard InChI is InChI=1S/C25H32N4O2S/c1-2-3-11-26-24(31)18(14-19-16-27-21-10-6-5-9-20(19)21)15-22(30)23-17-28-25(32-23)29-12-7-4-8-13-29/h5-6,9-10,16-18,27H,2-4,7-8,11-15H2,1H3,(H,26,31). The van der Waals surface area contributed by atoms with E-state index < -0.39 is 5.92 Å². The van der Waals surface area contributed by atoms with E-state index in [9.17, 15) is 9.59 Å². The lowest BCUT2D eigenvalue weighted by Gasteiger charge is -2.25. The van der Waals surface area contributed by atoms with Crippen LogP contribution in [0.25, 0.3) is 10.9 Å². The predicted octanol–water partition coefficient (Wildman–Crippen LogP) is 4.96. The average molecular weight is 453 g/mol. The van der Waals surface area contributed by atoms with Crippen LogP contribution in [0.2, 0.25) is 0 Å². The predicted molar refractivity (Wildman–Crippen MR) is 131 cm³/mol. The number of benzene rings is 1. The summed E-state index contributed by atoms with van der Waals surface area (Å²) >= 11 is 1.46. The van der Waals surface area contributed by atoms with Gasteiger partial charge >= 0.3 is 0 Å². The van der Waals surface area contributed by atoms with Crippen molar-refractivity contribution in [2.24, 2.45) is 5.92 Å².